The molecule has 3 heterocycles. The highest BCUT2D eigenvalue weighted by molar-refractivity contribution is 6.00. The van der Waals surface area contributed by atoms with E-state index in [0.717, 1.165) is 11.3 Å². The van der Waals surface area contributed by atoms with Crippen LogP contribution in [-0.2, 0) is 11.3 Å². The molecule has 1 fully saturated rings. The molecule has 0 atom stereocenters. The van der Waals surface area contributed by atoms with E-state index in [9.17, 15) is 14.0 Å². The number of anilines is 1. The van der Waals surface area contributed by atoms with E-state index in [0.29, 0.717) is 55.3 Å². The second-order valence-corrected chi connectivity index (χ2v) is 8.42. The van der Waals surface area contributed by atoms with Gasteiger partial charge in [-0.1, -0.05) is 18.2 Å². The van der Waals surface area contributed by atoms with Crippen molar-refractivity contribution in [2.45, 2.75) is 6.54 Å². The fraction of sp³-hybridized carbons (Fsp3) is 0.231. The Morgan fingerprint density at radius 2 is 1.83 bits per heavy atom. The van der Waals surface area contributed by atoms with Gasteiger partial charge < -0.3 is 15.0 Å². The predicted molar refractivity (Wildman–Crippen MR) is 132 cm³/mol. The van der Waals surface area contributed by atoms with Crippen molar-refractivity contribution in [3.8, 4) is 5.69 Å². The molecule has 5 rings (SSSR count). The van der Waals surface area contributed by atoms with Gasteiger partial charge in [0.1, 0.15) is 17.2 Å². The summed E-state index contributed by atoms with van der Waals surface area (Å²) in [5.74, 6) is -0.0877. The van der Waals surface area contributed by atoms with Gasteiger partial charge in [-0.15, -0.1) is 0 Å². The number of rotatable bonds is 5. The Balaban J connectivity index is 1.28. The number of pyridine rings is 1. The second kappa shape index (κ2) is 10.1. The van der Waals surface area contributed by atoms with Crippen molar-refractivity contribution in [1.29, 1.82) is 0 Å². The fourth-order valence-corrected chi connectivity index (χ4v) is 4.34. The van der Waals surface area contributed by atoms with E-state index < -0.39 is 5.97 Å². The molecule has 36 heavy (non-hydrogen) atoms. The molecule has 184 valence electrons. The minimum atomic E-state index is -0.508. The summed E-state index contributed by atoms with van der Waals surface area (Å²) in [7, 11) is 1.30. The van der Waals surface area contributed by atoms with E-state index in [1.54, 1.807) is 41.4 Å². The number of esters is 1. The third kappa shape index (κ3) is 4.76. The van der Waals surface area contributed by atoms with Crippen LogP contribution in [0.2, 0.25) is 0 Å². The molecule has 0 bridgehead atoms. The number of nitrogens with zero attached hydrogens (tertiary/aromatic N) is 5. The van der Waals surface area contributed by atoms with Gasteiger partial charge in [-0.2, -0.15) is 0 Å². The molecule has 9 nitrogen and oxygen atoms in total. The van der Waals surface area contributed by atoms with Gasteiger partial charge in [-0.3, -0.25) is 9.47 Å². The van der Waals surface area contributed by atoms with Crippen LogP contribution in [0, 0.1) is 5.82 Å². The summed E-state index contributed by atoms with van der Waals surface area (Å²) in [4.78, 5) is 38.0. The Bertz CT molecular complexity index is 1410. The van der Waals surface area contributed by atoms with Gasteiger partial charge in [-0.05, 0) is 42.5 Å². The number of benzene rings is 2. The van der Waals surface area contributed by atoms with Crippen LogP contribution in [0.25, 0.3) is 16.9 Å². The number of methoxy groups -OCH3 is 1. The standard InChI is InChI=1S/C26H25FN6O3/c1-36-25(34)20-8-2-3-9-21(20)30-26(35)32-14-12-31(13-15-32)17-23-29-22-10-5-11-28-24(22)33(23)19-7-4-6-18(27)16-19/h2-11,16H,12-15,17H2,1H3,(H,30,35). The summed E-state index contributed by atoms with van der Waals surface area (Å²) in [6.07, 6.45) is 1.69. The number of fused-ring (bicyclic) bond motifs is 1. The zero-order chi connectivity index (χ0) is 25.1. The molecule has 2 aromatic heterocycles. The quantitative estimate of drug-likeness (QED) is 0.431. The molecule has 1 aliphatic rings. The third-order valence-corrected chi connectivity index (χ3v) is 6.15. The molecule has 0 radical (unpaired) electrons. The molecule has 10 heteroatoms. The lowest BCUT2D eigenvalue weighted by Gasteiger charge is -2.34. The van der Waals surface area contributed by atoms with Crippen molar-refractivity contribution in [2.24, 2.45) is 0 Å². The van der Waals surface area contributed by atoms with E-state index >= 15 is 0 Å². The number of imidazole rings is 1. The molecule has 2 amide bonds. The molecular formula is C26H25FN6O3. The SMILES string of the molecule is COC(=O)c1ccccc1NC(=O)N1CCN(Cc2nc3cccnc3n2-c2cccc(F)c2)CC1. The number of amides is 2. The Morgan fingerprint density at radius 1 is 1.03 bits per heavy atom. The van der Waals surface area contributed by atoms with Gasteiger partial charge in [0.25, 0.3) is 0 Å². The van der Waals surface area contributed by atoms with E-state index in [2.05, 4.69) is 15.2 Å². The Labute approximate surface area is 207 Å². The number of carbonyl (C=O) groups excluding carboxylic acids is 2. The first kappa shape index (κ1) is 23.4. The van der Waals surface area contributed by atoms with Crippen LogP contribution in [0.1, 0.15) is 16.2 Å². The first-order valence-corrected chi connectivity index (χ1v) is 11.6. The fourth-order valence-electron chi connectivity index (χ4n) is 4.34. The van der Waals surface area contributed by atoms with Gasteiger partial charge in [0.05, 0.1) is 30.6 Å². The van der Waals surface area contributed by atoms with Gasteiger partial charge >= 0.3 is 12.0 Å². The maximum Gasteiger partial charge on any atom is 0.339 e. The van der Waals surface area contributed by atoms with Crippen LogP contribution >= 0.6 is 0 Å². The maximum absolute atomic E-state index is 14.0. The van der Waals surface area contributed by atoms with Crippen LogP contribution in [0.5, 0.6) is 0 Å². The van der Waals surface area contributed by atoms with E-state index in [4.69, 9.17) is 9.72 Å². The van der Waals surface area contributed by atoms with Crippen LogP contribution < -0.4 is 5.32 Å². The number of para-hydroxylation sites is 1. The monoisotopic (exact) mass is 488 g/mol. The summed E-state index contributed by atoms with van der Waals surface area (Å²) in [6.45, 7) is 2.79. The molecule has 1 aliphatic heterocycles. The van der Waals surface area contributed by atoms with Crippen molar-refractivity contribution in [1.82, 2.24) is 24.3 Å². The third-order valence-electron chi connectivity index (χ3n) is 6.15. The molecule has 2 aromatic carbocycles. The summed E-state index contributed by atoms with van der Waals surface area (Å²) in [6, 6.07) is 16.5. The minimum Gasteiger partial charge on any atom is -0.465 e. The van der Waals surface area contributed by atoms with Crippen LogP contribution in [0.4, 0.5) is 14.9 Å². The number of carbonyl (C=O) groups is 2. The van der Waals surface area contributed by atoms with Crippen molar-refractivity contribution < 1.29 is 18.7 Å². The molecule has 0 spiro atoms. The molecule has 0 unspecified atom stereocenters. The maximum atomic E-state index is 14.0. The number of ether oxygens (including phenoxy) is 1. The predicted octanol–water partition coefficient (Wildman–Crippen LogP) is 3.70. The first-order valence-electron chi connectivity index (χ1n) is 11.6. The average molecular weight is 489 g/mol. The lowest BCUT2D eigenvalue weighted by atomic mass is 10.2. The average Bonchev–Trinajstić information content (AvgIpc) is 3.26. The largest absolute Gasteiger partial charge is 0.465 e. The minimum absolute atomic E-state index is 0.276. The van der Waals surface area contributed by atoms with Crippen LogP contribution in [-0.4, -0.2) is 69.6 Å². The zero-order valence-electron chi connectivity index (χ0n) is 19.7. The van der Waals surface area contributed by atoms with Crippen molar-refractivity contribution in [2.75, 3.05) is 38.6 Å². The highest BCUT2D eigenvalue weighted by atomic mass is 19.1. The van der Waals surface area contributed by atoms with Crippen LogP contribution in [0.3, 0.4) is 0 Å². The number of hydrogen-bond acceptors (Lipinski definition) is 6. The number of piperazine rings is 1. The normalized spacial score (nSPS) is 14.1. The number of nitrogens with one attached hydrogen (secondary N) is 1. The van der Waals surface area contributed by atoms with E-state index in [1.165, 1.54) is 19.2 Å². The Morgan fingerprint density at radius 3 is 2.61 bits per heavy atom. The lowest BCUT2D eigenvalue weighted by Crippen LogP contribution is -2.49. The van der Waals surface area contributed by atoms with Crippen molar-refractivity contribution in [3.63, 3.8) is 0 Å². The second-order valence-electron chi connectivity index (χ2n) is 8.42. The molecule has 4 aromatic rings. The zero-order valence-corrected chi connectivity index (χ0v) is 19.7. The van der Waals surface area contributed by atoms with E-state index in [-0.39, 0.29) is 11.8 Å². The van der Waals surface area contributed by atoms with Crippen LogP contribution in [0.15, 0.2) is 66.9 Å². The molecule has 1 N–H and O–H groups in total. The summed E-state index contributed by atoms with van der Waals surface area (Å²) < 4.78 is 20.7. The summed E-state index contributed by atoms with van der Waals surface area (Å²) in [5.41, 5.74) is 2.78. The van der Waals surface area contributed by atoms with Gasteiger partial charge in [0.15, 0.2) is 5.65 Å². The molecule has 0 aliphatic carbocycles. The molecule has 0 saturated carbocycles. The summed E-state index contributed by atoms with van der Waals surface area (Å²) >= 11 is 0. The molecular weight excluding hydrogens is 463 g/mol. The number of halogens is 1. The Hall–Kier alpha value is -4.31. The van der Waals surface area contributed by atoms with Gasteiger partial charge in [0.2, 0.25) is 0 Å². The first-order chi connectivity index (χ1) is 17.5. The number of urea groups is 1. The molecule has 1 saturated heterocycles. The number of hydrogen-bond donors (Lipinski definition) is 1. The topological polar surface area (TPSA) is 92.6 Å². The van der Waals surface area contributed by atoms with Crippen molar-refractivity contribution in [3.05, 3.63) is 84.1 Å². The summed E-state index contributed by atoms with van der Waals surface area (Å²) in [5, 5.41) is 2.82. The Kier molecular flexibility index (Phi) is 6.59. The highest BCUT2D eigenvalue weighted by Crippen LogP contribution is 2.22. The highest BCUT2D eigenvalue weighted by Gasteiger charge is 2.24. The van der Waals surface area contributed by atoms with Gasteiger partial charge in [-0.25, -0.2) is 23.9 Å². The van der Waals surface area contributed by atoms with Gasteiger partial charge in [0, 0.05) is 32.4 Å². The van der Waals surface area contributed by atoms with E-state index in [1.807, 2.05) is 22.8 Å². The lowest BCUT2D eigenvalue weighted by molar-refractivity contribution is 0.0602. The number of aromatic nitrogens is 3. The smallest absolute Gasteiger partial charge is 0.339 e. The van der Waals surface area contributed by atoms with Crippen molar-refractivity contribution >= 4 is 28.9 Å².